The highest BCUT2D eigenvalue weighted by Gasteiger charge is 2.43. The molecule has 0 radical (unpaired) electrons. The predicted molar refractivity (Wildman–Crippen MR) is 96.1 cm³/mol. The minimum atomic E-state index is -0.698. The smallest absolute Gasteiger partial charge is 0.290 e. The molecule has 1 aliphatic heterocycles. The standard InChI is InChI=1S/C18H16ClNO4S/c1-24-8-7-20-15(11-4-2-5-12(19)10-11)14(17(22)18(20)23)16(21)13-6-3-9-25-13/h2-6,9-10,15,22H,7-8H2,1H3/t15-/m0/s1. The predicted octanol–water partition coefficient (Wildman–Crippen LogP) is 3.63. The van der Waals surface area contributed by atoms with Crippen molar-refractivity contribution in [2.75, 3.05) is 20.3 Å². The first-order chi connectivity index (χ1) is 12.0. The van der Waals surface area contributed by atoms with E-state index in [1.165, 1.54) is 23.3 Å². The minimum absolute atomic E-state index is 0.0748. The van der Waals surface area contributed by atoms with Gasteiger partial charge in [0.1, 0.15) is 0 Å². The van der Waals surface area contributed by atoms with E-state index in [1.54, 1.807) is 41.8 Å². The highest BCUT2D eigenvalue weighted by Crippen LogP contribution is 2.39. The molecule has 0 unspecified atom stereocenters. The van der Waals surface area contributed by atoms with Crippen LogP contribution >= 0.6 is 22.9 Å². The molecule has 2 heterocycles. The lowest BCUT2D eigenvalue weighted by Crippen LogP contribution is -2.33. The maximum Gasteiger partial charge on any atom is 0.290 e. The van der Waals surface area contributed by atoms with Gasteiger partial charge in [-0.25, -0.2) is 0 Å². The number of methoxy groups -OCH3 is 1. The van der Waals surface area contributed by atoms with E-state index < -0.39 is 17.7 Å². The first-order valence-corrected chi connectivity index (χ1v) is 8.87. The number of ether oxygens (including phenoxy) is 1. The van der Waals surface area contributed by atoms with E-state index in [1.807, 2.05) is 0 Å². The van der Waals surface area contributed by atoms with Gasteiger partial charge in [-0.3, -0.25) is 9.59 Å². The molecule has 0 saturated heterocycles. The maximum absolute atomic E-state index is 12.9. The maximum atomic E-state index is 12.9. The molecular formula is C18H16ClNO4S. The van der Waals surface area contributed by atoms with Gasteiger partial charge in [-0.2, -0.15) is 0 Å². The van der Waals surface area contributed by atoms with Crippen molar-refractivity contribution >= 4 is 34.6 Å². The number of rotatable bonds is 6. The van der Waals surface area contributed by atoms with E-state index in [-0.39, 0.29) is 24.5 Å². The summed E-state index contributed by atoms with van der Waals surface area (Å²) in [5.74, 6) is -1.45. The van der Waals surface area contributed by atoms with Crippen LogP contribution < -0.4 is 0 Å². The summed E-state index contributed by atoms with van der Waals surface area (Å²) in [6, 6.07) is 9.67. The summed E-state index contributed by atoms with van der Waals surface area (Å²) < 4.78 is 5.06. The highest BCUT2D eigenvalue weighted by molar-refractivity contribution is 7.12. The summed E-state index contributed by atoms with van der Waals surface area (Å²) in [5, 5.41) is 12.7. The van der Waals surface area contributed by atoms with E-state index in [0.29, 0.717) is 15.5 Å². The fourth-order valence-electron chi connectivity index (χ4n) is 2.87. The van der Waals surface area contributed by atoms with Gasteiger partial charge in [-0.15, -0.1) is 11.3 Å². The van der Waals surface area contributed by atoms with Crippen molar-refractivity contribution in [3.8, 4) is 0 Å². The molecule has 3 rings (SSSR count). The van der Waals surface area contributed by atoms with Crippen LogP contribution in [0.1, 0.15) is 21.3 Å². The molecule has 1 aliphatic rings. The van der Waals surface area contributed by atoms with Gasteiger partial charge in [-0.1, -0.05) is 29.8 Å². The lowest BCUT2D eigenvalue weighted by Gasteiger charge is -2.26. The molecule has 0 fully saturated rings. The van der Waals surface area contributed by atoms with Gasteiger partial charge in [0.15, 0.2) is 5.76 Å². The van der Waals surface area contributed by atoms with Gasteiger partial charge in [0, 0.05) is 18.7 Å². The van der Waals surface area contributed by atoms with Gasteiger partial charge in [0.05, 0.1) is 23.1 Å². The molecule has 1 atom stereocenters. The number of ketones is 1. The van der Waals surface area contributed by atoms with Crippen molar-refractivity contribution in [2.45, 2.75) is 6.04 Å². The fraction of sp³-hybridized carbons (Fsp3) is 0.222. The number of amides is 1. The Hall–Kier alpha value is -2.15. The molecule has 2 aromatic rings. The Kier molecular flexibility index (Phi) is 5.22. The number of carbonyl (C=O) groups is 2. The number of hydrogen-bond acceptors (Lipinski definition) is 5. The highest BCUT2D eigenvalue weighted by atomic mass is 35.5. The second-order valence-corrected chi connectivity index (χ2v) is 6.90. The molecule has 0 saturated carbocycles. The van der Waals surface area contributed by atoms with E-state index in [4.69, 9.17) is 16.3 Å². The molecule has 1 amide bonds. The Labute approximate surface area is 154 Å². The van der Waals surface area contributed by atoms with Gasteiger partial charge in [0.25, 0.3) is 5.91 Å². The Morgan fingerprint density at radius 1 is 1.36 bits per heavy atom. The van der Waals surface area contributed by atoms with Gasteiger partial charge < -0.3 is 14.7 Å². The number of aliphatic hydroxyl groups excluding tert-OH is 1. The number of nitrogens with zero attached hydrogens (tertiary/aromatic N) is 1. The summed E-state index contributed by atoms with van der Waals surface area (Å²) in [5.41, 5.74) is 0.742. The van der Waals surface area contributed by atoms with Crippen LogP contribution in [0.4, 0.5) is 0 Å². The van der Waals surface area contributed by atoms with Crippen molar-refractivity contribution in [2.24, 2.45) is 0 Å². The molecule has 7 heteroatoms. The molecule has 0 aliphatic carbocycles. The SMILES string of the molecule is COCCN1C(=O)C(O)=C(C(=O)c2cccs2)[C@@H]1c1cccc(Cl)c1. The molecule has 5 nitrogen and oxygen atoms in total. The zero-order chi connectivity index (χ0) is 18.0. The zero-order valence-electron chi connectivity index (χ0n) is 13.4. The van der Waals surface area contributed by atoms with Crippen molar-refractivity contribution in [1.82, 2.24) is 4.90 Å². The summed E-state index contributed by atoms with van der Waals surface area (Å²) in [6.07, 6.45) is 0. The zero-order valence-corrected chi connectivity index (χ0v) is 15.0. The first-order valence-electron chi connectivity index (χ1n) is 7.61. The Balaban J connectivity index is 2.08. The van der Waals surface area contributed by atoms with Crippen LogP contribution in [-0.4, -0.2) is 42.0 Å². The molecule has 1 aromatic heterocycles. The first kappa shape index (κ1) is 17.7. The van der Waals surface area contributed by atoms with E-state index >= 15 is 0 Å². The molecule has 1 N–H and O–H groups in total. The van der Waals surface area contributed by atoms with Crippen LogP contribution in [0.15, 0.2) is 53.1 Å². The molecule has 25 heavy (non-hydrogen) atoms. The fourth-order valence-corrected chi connectivity index (χ4v) is 3.75. The van der Waals surface area contributed by atoms with Crippen molar-refractivity contribution < 1.29 is 19.4 Å². The lowest BCUT2D eigenvalue weighted by atomic mass is 9.95. The number of hydrogen-bond donors (Lipinski definition) is 1. The van der Waals surface area contributed by atoms with Gasteiger partial charge in [0.2, 0.25) is 5.78 Å². The number of thiophene rings is 1. The average molecular weight is 378 g/mol. The van der Waals surface area contributed by atoms with Crippen molar-refractivity contribution in [3.63, 3.8) is 0 Å². The second-order valence-electron chi connectivity index (χ2n) is 5.52. The summed E-state index contributed by atoms with van der Waals surface area (Å²) in [6.45, 7) is 0.536. The van der Waals surface area contributed by atoms with Crippen LogP contribution in [0.3, 0.4) is 0 Å². The third-order valence-electron chi connectivity index (χ3n) is 3.99. The van der Waals surface area contributed by atoms with Gasteiger partial charge in [-0.05, 0) is 29.1 Å². The minimum Gasteiger partial charge on any atom is -0.503 e. The topological polar surface area (TPSA) is 66.8 Å². The monoisotopic (exact) mass is 377 g/mol. The summed E-state index contributed by atoms with van der Waals surface area (Å²) >= 11 is 7.35. The molecule has 130 valence electrons. The Morgan fingerprint density at radius 2 is 2.16 bits per heavy atom. The molecular weight excluding hydrogens is 362 g/mol. The van der Waals surface area contributed by atoms with E-state index in [0.717, 1.165) is 0 Å². The Morgan fingerprint density at radius 3 is 2.80 bits per heavy atom. The van der Waals surface area contributed by atoms with Crippen molar-refractivity contribution in [3.05, 3.63) is 68.6 Å². The van der Waals surface area contributed by atoms with E-state index in [9.17, 15) is 14.7 Å². The quantitative estimate of drug-likeness (QED) is 0.781. The van der Waals surface area contributed by atoms with Crippen LogP contribution in [-0.2, 0) is 9.53 Å². The van der Waals surface area contributed by atoms with Crippen molar-refractivity contribution in [1.29, 1.82) is 0 Å². The second kappa shape index (κ2) is 7.39. The van der Waals surface area contributed by atoms with Gasteiger partial charge >= 0.3 is 0 Å². The summed E-state index contributed by atoms with van der Waals surface area (Å²) in [7, 11) is 1.53. The van der Waals surface area contributed by atoms with E-state index in [2.05, 4.69) is 0 Å². The normalized spacial score (nSPS) is 17.4. The number of halogens is 1. The third kappa shape index (κ3) is 3.33. The van der Waals surface area contributed by atoms with Crippen LogP contribution in [0, 0.1) is 0 Å². The summed E-state index contributed by atoms with van der Waals surface area (Å²) in [4.78, 5) is 27.3. The molecule has 0 spiro atoms. The van der Waals surface area contributed by atoms with Crippen LogP contribution in [0.2, 0.25) is 5.02 Å². The lowest BCUT2D eigenvalue weighted by molar-refractivity contribution is -0.130. The number of aliphatic hydroxyl groups is 1. The average Bonchev–Trinajstić information content (AvgIpc) is 3.21. The largest absolute Gasteiger partial charge is 0.503 e. The Bertz CT molecular complexity index is 831. The molecule has 1 aromatic carbocycles. The number of Topliss-reactive ketones (excluding diaryl/α,β-unsaturated/α-hetero) is 1. The van der Waals surface area contributed by atoms with Crippen LogP contribution in [0.25, 0.3) is 0 Å². The number of carbonyl (C=O) groups excluding carboxylic acids is 2. The molecule has 0 bridgehead atoms. The van der Waals surface area contributed by atoms with Crippen LogP contribution in [0.5, 0.6) is 0 Å². The number of benzene rings is 1. The third-order valence-corrected chi connectivity index (χ3v) is 5.10.